The molecule has 0 aromatic rings. The lowest BCUT2D eigenvalue weighted by Gasteiger charge is -2.19. The molecule has 0 rings (SSSR count). The molecule has 18 heavy (non-hydrogen) atoms. The number of carboxylic acid groups (broad SMARTS) is 1. The van der Waals surface area contributed by atoms with Crippen LogP contribution in [0.25, 0.3) is 0 Å². The normalized spacial score (nSPS) is 14.3. The maximum absolute atomic E-state index is 11.7. The summed E-state index contributed by atoms with van der Waals surface area (Å²) in [5, 5.41) is 14.6. The molecule has 0 spiro atoms. The smallest absolute Gasteiger partial charge is 0.303 e. The molecule has 2 atom stereocenters. The predicted octanol–water partition coefficient (Wildman–Crippen LogP) is 1.10. The summed E-state index contributed by atoms with van der Waals surface area (Å²) in [6.45, 7) is 7.03. The Morgan fingerprint density at radius 1 is 1.17 bits per heavy atom. The van der Waals surface area contributed by atoms with E-state index in [9.17, 15) is 9.59 Å². The SMILES string of the molecule is CNCC(C)C(=O)NCC(CC(=O)O)CC(C)C. The number of aliphatic carboxylic acids is 1. The van der Waals surface area contributed by atoms with Crippen molar-refractivity contribution in [1.82, 2.24) is 10.6 Å². The second kappa shape index (κ2) is 8.91. The van der Waals surface area contributed by atoms with Crippen LogP contribution in [0, 0.1) is 17.8 Å². The van der Waals surface area contributed by atoms with E-state index in [2.05, 4.69) is 24.5 Å². The molecule has 0 bridgehead atoms. The second-order valence-corrected chi connectivity index (χ2v) is 5.30. The summed E-state index contributed by atoms with van der Waals surface area (Å²) < 4.78 is 0. The Kier molecular flexibility index (Phi) is 8.37. The van der Waals surface area contributed by atoms with E-state index in [1.165, 1.54) is 0 Å². The van der Waals surface area contributed by atoms with Crippen molar-refractivity contribution in [3.05, 3.63) is 0 Å². The maximum Gasteiger partial charge on any atom is 0.303 e. The van der Waals surface area contributed by atoms with E-state index in [0.717, 1.165) is 6.42 Å². The number of carboxylic acids is 1. The molecule has 0 aliphatic heterocycles. The highest BCUT2D eigenvalue weighted by molar-refractivity contribution is 5.78. The Morgan fingerprint density at radius 2 is 1.78 bits per heavy atom. The van der Waals surface area contributed by atoms with Crippen LogP contribution in [0.2, 0.25) is 0 Å². The highest BCUT2D eigenvalue weighted by Gasteiger charge is 2.18. The molecule has 106 valence electrons. The molecular formula is C13H26N2O3. The van der Waals surface area contributed by atoms with Crippen LogP contribution in [0.1, 0.15) is 33.6 Å². The molecule has 2 unspecified atom stereocenters. The average molecular weight is 258 g/mol. The van der Waals surface area contributed by atoms with Gasteiger partial charge in [0.15, 0.2) is 0 Å². The first-order valence-corrected chi connectivity index (χ1v) is 6.50. The molecular weight excluding hydrogens is 232 g/mol. The maximum atomic E-state index is 11.7. The minimum absolute atomic E-state index is 0.00763. The molecule has 0 fully saturated rings. The van der Waals surface area contributed by atoms with Crippen molar-refractivity contribution in [2.75, 3.05) is 20.1 Å². The van der Waals surface area contributed by atoms with Gasteiger partial charge in [0.2, 0.25) is 5.91 Å². The molecule has 0 aromatic heterocycles. The lowest BCUT2D eigenvalue weighted by atomic mass is 9.94. The molecule has 0 heterocycles. The third kappa shape index (κ3) is 8.06. The number of hydrogen-bond acceptors (Lipinski definition) is 3. The van der Waals surface area contributed by atoms with Crippen LogP contribution in [0.4, 0.5) is 0 Å². The Hall–Kier alpha value is -1.10. The Labute approximate surface area is 109 Å². The molecule has 0 saturated carbocycles. The molecule has 0 radical (unpaired) electrons. The first-order chi connectivity index (χ1) is 8.36. The van der Waals surface area contributed by atoms with Gasteiger partial charge in [-0.25, -0.2) is 0 Å². The van der Waals surface area contributed by atoms with Crippen LogP contribution in [0.3, 0.4) is 0 Å². The van der Waals surface area contributed by atoms with Crippen molar-refractivity contribution in [1.29, 1.82) is 0 Å². The fourth-order valence-corrected chi connectivity index (χ4v) is 1.97. The van der Waals surface area contributed by atoms with Crippen molar-refractivity contribution in [2.45, 2.75) is 33.6 Å². The minimum Gasteiger partial charge on any atom is -0.481 e. The Balaban J connectivity index is 4.16. The van der Waals surface area contributed by atoms with Crippen molar-refractivity contribution in [2.24, 2.45) is 17.8 Å². The molecule has 1 amide bonds. The van der Waals surface area contributed by atoms with Gasteiger partial charge in [0.1, 0.15) is 0 Å². The first kappa shape index (κ1) is 16.9. The summed E-state index contributed by atoms with van der Waals surface area (Å²) in [7, 11) is 1.80. The quantitative estimate of drug-likeness (QED) is 0.578. The van der Waals surface area contributed by atoms with Gasteiger partial charge in [-0.3, -0.25) is 9.59 Å². The topological polar surface area (TPSA) is 78.4 Å². The molecule has 0 aromatic carbocycles. The highest BCUT2D eigenvalue weighted by atomic mass is 16.4. The third-order valence-electron chi connectivity index (χ3n) is 2.79. The van der Waals surface area contributed by atoms with E-state index in [1.807, 2.05) is 6.92 Å². The minimum atomic E-state index is -0.807. The summed E-state index contributed by atoms with van der Waals surface area (Å²) in [4.78, 5) is 22.5. The van der Waals surface area contributed by atoms with Crippen molar-refractivity contribution >= 4 is 11.9 Å². The summed E-state index contributed by atoms with van der Waals surface area (Å²) in [6, 6.07) is 0. The van der Waals surface area contributed by atoms with Crippen LogP contribution in [-0.4, -0.2) is 37.1 Å². The molecule has 3 N–H and O–H groups in total. The van der Waals surface area contributed by atoms with Crippen LogP contribution in [0.5, 0.6) is 0 Å². The van der Waals surface area contributed by atoms with Crippen molar-refractivity contribution in [3.8, 4) is 0 Å². The molecule has 0 aliphatic carbocycles. The number of hydrogen-bond donors (Lipinski definition) is 3. The lowest BCUT2D eigenvalue weighted by Crippen LogP contribution is -2.37. The van der Waals surface area contributed by atoms with E-state index in [4.69, 9.17) is 5.11 Å². The van der Waals surface area contributed by atoms with Crippen LogP contribution >= 0.6 is 0 Å². The van der Waals surface area contributed by atoms with E-state index in [-0.39, 0.29) is 24.2 Å². The summed E-state index contributed by atoms with van der Waals surface area (Å²) in [6.07, 6.45) is 0.922. The fraction of sp³-hybridized carbons (Fsp3) is 0.846. The van der Waals surface area contributed by atoms with Gasteiger partial charge in [0.25, 0.3) is 0 Å². The molecule has 0 aliphatic rings. The van der Waals surface area contributed by atoms with E-state index >= 15 is 0 Å². The van der Waals surface area contributed by atoms with Crippen LogP contribution in [0.15, 0.2) is 0 Å². The van der Waals surface area contributed by atoms with Crippen molar-refractivity contribution in [3.63, 3.8) is 0 Å². The van der Waals surface area contributed by atoms with E-state index < -0.39 is 5.97 Å². The molecule has 5 heteroatoms. The van der Waals surface area contributed by atoms with Gasteiger partial charge in [-0.2, -0.15) is 0 Å². The van der Waals surface area contributed by atoms with Crippen LogP contribution in [-0.2, 0) is 9.59 Å². The average Bonchev–Trinajstić information content (AvgIpc) is 2.24. The zero-order chi connectivity index (χ0) is 14.1. The summed E-state index contributed by atoms with van der Waals surface area (Å²) in [5.41, 5.74) is 0. The van der Waals surface area contributed by atoms with E-state index in [1.54, 1.807) is 7.05 Å². The van der Waals surface area contributed by atoms with Gasteiger partial charge in [-0.15, -0.1) is 0 Å². The summed E-state index contributed by atoms with van der Waals surface area (Å²) in [5.74, 6) is -0.490. The fourth-order valence-electron chi connectivity index (χ4n) is 1.97. The van der Waals surface area contributed by atoms with Gasteiger partial charge in [0.05, 0.1) is 0 Å². The first-order valence-electron chi connectivity index (χ1n) is 6.50. The van der Waals surface area contributed by atoms with Gasteiger partial charge < -0.3 is 15.7 Å². The largest absolute Gasteiger partial charge is 0.481 e. The van der Waals surface area contributed by atoms with Gasteiger partial charge in [-0.05, 0) is 25.3 Å². The van der Waals surface area contributed by atoms with Gasteiger partial charge in [0, 0.05) is 25.4 Å². The van der Waals surface area contributed by atoms with Gasteiger partial charge >= 0.3 is 5.97 Å². The second-order valence-electron chi connectivity index (χ2n) is 5.30. The zero-order valence-electron chi connectivity index (χ0n) is 11.8. The van der Waals surface area contributed by atoms with E-state index in [0.29, 0.717) is 19.0 Å². The number of carbonyl (C=O) groups excluding carboxylic acids is 1. The highest BCUT2D eigenvalue weighted by Crippen LogP contribution is 2.14. The Morgan fingerprint density at radius 3 is 2.22 bits per heavy atom. The monoisotopic (exact) mass is 258 g/mol. The zero-order valence-corrected chi connectivity index (χ0v) is 11.8. The molecule has 5 nitrogen and oxygen atoms in total. The number of rotatable bonds is 9. The number of carbonyl (C=O) groups is 2. The van der Waals surface area contributed by atoms with Crippen molar-refractivity contribution < 1.29 is 14.7 Å². The van der Waals surface area contributed by atoms with Crippen LogP contribution < -0.4 is 10.6 Å². The Bertz CT molecular complexity index is 267. The standard InChI is InChI=1S/C13H26N2O3/c1-9(2)5-11(6-12(16)17)8-15-13(18)10(3)7-14-4/h9-11,14H,5-8H2,1-4H3,(H,15,18)(H,16,17). The van der Waals surface area contributed by atoms with Gasteiger partial charge in [-0.1, -0.05) is 20.8 Å². The third-order valence-corrected chi connectivity index (χ3v) is 2.79. The number of amides is 1. The lowest BCUT2D eigenvalue weighted by molar-refractivity contribution is -0.138. The molecule has 0 saturated heterocycles. The summed E-state index contributed by atoms with van der Waals surface area (Å²) >= 11 is 0. The predicted molar refractivity (Wildman–Crippen MR) is 71.3 cm³/mol. The number of nitrogens with one attached hydrogen (secondary N) is 2.